The zero-order valence-corrected chi connectivity index (χ0v) is 16.6. The van der Waals surface area contributed by atoms with Gasteiger partial charge in [0.25, 0.3) is 17.7 Å². The number of nitrogens with one attached hydrogen (secondary N) is 1. The van der Waals surface area contributed by atoms with Gasteiger partial charge in [0.15, 0.2) is 6.61 Å². The summed E-state index contributed by atoms with van der Waals surface area (Å²) >= 11 is 5.57. The van der Waals surface area contributed by atoms with Crippen molar-refractivity contribution in [2.75, 3.05) is 11.9 Å². The van der Waals surface area contributed by atoms with Crippen molar-refractivity contribution in [1.29, 1.82) is 0 Å². The average molecular weight is 455 g/mol. The van der Waals surface area contributed by atoms with Crippen LogP contribution in [0, 0.1) is 0 Å². The molecular weight excluding hydrogens is 441 g/mol. The molecule has 0 fully saturated rings. The van der Waals surface area contributed by atoms with Crippen LogP contribution in [0.25, 0.3) is 0 Å². The largest absolute Gasteiger partial charge is 0.454 e. The number of nitrogens with zero attached hydrogens (tertiary/aromatic N) is 1. The zero-order valence-electron chi connectivity index (χ0n) is 15.8. The highest BCUT2D eigenvalue weighted by atomic mass is 35.5. The van der Waals surface area contributed by atoms with Crippen molar-refractivity contribution >= 4 is 41.0 Å². The Bertz CT molecular complexity index is 1050. The maximum atomic E-state index is 13.1. The molecule has 11 heteroatoms. The summed E-state index contributed by atoms with van der Waals surface area (Å²) in [4.78, 5) is 49.7. The second-order valence-electron chi connectivity index (χ2n) is 6.55. The molecule has 1 aliphatic rings. The molecule has 0 aromatic heterocycles. The minimum Gasteiger partial charge on any atom is -0.454 e. The lowest BCUT2D eigenvalue weighted by molar-refractivity contribution is -0.150. The number of esters is 1. The first kappa shape index (κ1) is 22.3. The number of hydrogen-bond donors (Lipinski definition) is 1. The maximum Gasteiger partial charge on any atom is 0.418 e. The van der Waals surface area contributed by atoms with E-state index in [2.05, 4.69) is 0 Å². The number of imide groups is 1. The third-order valence-electron chi connectivity index (χ3n) is 4.46. The molecule has 2 aromatic carbocycles. The molecule has 1 aliphatic heterocycles. The summed E-state index contributed by atoms with van der Waals surface area (Å²) < 4.78 is 44.1. The van der Waals surface area contributed by atoms with E-state index in [1.807, 2.05) is 5.32 Å². The molecule has 0 spiro atoms. The first-order valence-corrected chi connectivity index (χ1v) is 9.18. The van der Waals surface area contributed by atoms with Crippen LogP contribution in [-0.2, 0) is 20.5 Å². The number of carbonyl (C=O) groups is 4. The molecule has 2 aromatic rings. The van der Waals surface area contributed by atoms with E-state index in [0.29, 0.717) is 11.0 Å². The maximum absolute atomic E-state index is 13.1. The van der Waals surface area contributed by atoms with Crippen LogP contribution in [0.5, 0.6) is 0 Å². The molecule has 1 heterocycles. The molecule has 31 heavy (non-hydrogen) atoms. The third-order valence-corrected chi connectivity index (χ3v) is 4.70. The van der Waals surface area contributed by atoms with E-state index in [0.717, 1.165) is 12.1 Å². The molecule has 3 rings (SSSR count). The highest BCUT2D eigenvalue weighted by Gasteiger charge is 2.41. The number of ether oxygens (including phenoxy) is 1. The van der Waals surface area contributed by atoms with Crippen molar-refractivity contribution in [3.8, 4) is 0 Å². The lowest BCUT2D eigenvalue weighted by atomic mass is 10.1. The summed E-state index contributed by atoms with van der Waals surface area (Å²) in [6, 6.07) is 7.42. The topological polar surface area (TPSA) is 92.8 Å². The van der Waals surface area contributed by atoms with Crippen LogP contribution < -0.4 is 5.32 Å². The van der Waals surface area contributed by atoms with Crippen LogP contribution in [-0.4, -0.2) is 41.2 Å². The quantitative estimate of drug-likeness (QED) is 0.551. The summed E-state index contributed by atoms with van der Waals surface area (Å²) in [5, 5.41) is 1.82. The number of hydrogen-bond acceptors (Lipinski definition) is 5. The summed E-state index contributed by atoms with van der Waals surface area (Å²) in [6.45, 7) is 0.315. The van der Waals surface area contributed by atoms with E-state index in [4.69, 9.17) is 16.3 Å². The Morgan fingerprint density at radius 2 is 1.68 bits per heavy atom. The third kappa shape index (κ3) is 4.53. The Morgan fingerprint density at radius 1 is 1.10 bits per heavy atom. The second-order valence-corrected chi connectivity index (χ2v) is 6.98. The Hall–Kier alpha value is -3.40. The van der Waals surface area contributed by atoms with Crippen molar-refractivity contribution in [1.82, 2.24) is 4.90 Å². The van der Waals surface area contributed by atoms with Crippen LogP contribution >= 0.6 is 11.6 Å². The molecule has 1 atom stereocenters. The standard InChI is InChI=1S/C20H14ClF3N2O5/c1-10(26-17(28)12-4-2-3-5-13(12)18(26)29)19(30)31-9-16(27)25-15-7-6-11(21)8-14(15)20(22,23)24/h2-8,10H,9H2,1H3,(H,25,27)/t10-/m0/s1. The molecule has 0 aliphatic carbocycles. The van der Waals surface area contributed by atoms with E-state index in [1.54, 1.807) is 12.1 Å². The second kappa shape index (κ2) is 8.38. The summed E-state index contributed by atoms with van der Waals surface area (Å²) in [5.74, 6) is -3.50. The molecule has 7 nitrogen and oxygen atoms in total. The van der Waals surface area contributed by atoms with Gasteiger partial charge in [-0.25, -0.2) is 4.79 Å². The van der Waals surface area contributed by atoms with E-state index in [9.17, 15) is 32.3 Å². The average Bonchev–Trinajstić information content (AvgIpc) is 2.97. The number of anilines is 1. The van der Waals surface area contributed by atoms with Crippen LogP contribution in [0.15, 0.2) is 42.5 Å². The van der Waals surface area contributed by atoms with Gasteiger partial charge in [-0.1, -0.05) is 23.7 Å². The fourth-order valence-electron chi connectivity index (χ4n) is 2.97. The molecule has 0 saturated carbocycles. The number of amides is 3. The molecule has 0 bridgehead atoms. The lowest BCUT2D eigenvalue weighted by Crippen LogP contribution is -2.44. The van der Waals surface area contributed by atoms with Crippen LogP contribution in [0.4, 0.5) is 18.9 Å². The van der Waals surface area contributed by atoms with Gasteiger partial charge in [0.1, 0.15) is 6.04 Å². The van der Waals surface area contributed by atoms with Crippen LogP contribution in [0.3, 0.4) is 0 Å². The van der Waals surface area contributed by atoms with Gasteiger partial charge in [0.2, 0.25) is 0 Å². The predicted octanol–water partition coefficient (Wildman–Crippen LogP) is 3.53. The first-order chi connectivity index (χ1) is 14.5. The van der Waals surface area contributed by atoms with Gasteiger partial charge >= 0.3 is 12.1 Å². The molecule has 0 unspecified atom stereocenters. The molecule has 3 amide bonds. The van der Waals surface area contributed by atoms with E-state index >= 15 is 0 Å². The van der Waals surface area contributed by atoms with Gasteiger partial charge < -0.3 is 10.1 Å². The predicted molar refractivity (Wildman–Crippen MR) is 102 cm³/mol. The van der Waals surface area contributed by atoms with Crippen LogP contribution in [0.1, 0.15) is 33.2 Å². The lowest BCUT2D eigenvalue weighted by Gasteiger charge is -2.21. The Morgan fingerprint density at radius 3 is 2.23 bits per heavy atom. The minimum absolute atomic E-state index is 0.132. The number of fused-ring (bicyclic) bond motifs is 1. The van der Waals surface area contributed by atoms with Gasteiger partial charge in [-0.05, 0) is 37.3 Å². The molecular formula is C20H14ClF3N2O5. The summed E-state index contributed by atoms with van der Waals surface area (Å²) in [5.41, 5.74) is -1.47. The van der Waals surface area contributed by atoms with Gasteiger partial charge in [-0.3, -0.25) is 19.3 Å². The van der Waals surface area contributed by atoms with Crippen LogP contribution in [0.2, 0.25) is 5.02 Å². The van der Waals surface area contributed by atoms with Crippen molar-refractivity contribution in [3.63, 3.8) is 0 Å². The Kier molecular flexibility index (Phi) is 6.03. The van der Waals surface area contributed by atoms with Crippen molar-refractivity contribution in [2.24, 2.45) is 0 Å². The van der Waals surface area contributed by atoms with Crippen molar-refractivity contribution < 1.29 is 37.1 Å². The SMILES string of the molecule is C[C@@H](C(=O)OCC(=O)Nc1ccc(Cl)cc1C(F)(F)F)N1C(=O)c2ccccc2C1=O. The molecule has 162 valence electrons. The van der Waals surface area contributed by atoms with Gasteiger partial charge in [-0.2, -0.15) is 13.2 Å². The number of benzene rings is 2. The van der Waals surface area contributed by atoms with Gasteiger partial charge in [0, 0.05) is 5.02 Å². The highest BCUT2D eigenvalue weighted by molar-refractivity contribution is 6.30. The van der Waals surface area contributed by atoms with E-state index < -0.39 is 53.8 Å². The smallest absolute Gasteiger partial charge is 0.418 e. The number of alkyl halides is 3. The highest BCUT2D eigenvalue weighted by Crippen LogP contribution is 2.36. The Balaban J connectivity index is 1.64. The molecule has 0 radical (unpaired) electrons. The monoisotopic (exact) mass is 454 g/mol. The summed E-state index contributed by atoms with van der Waals surface area (Å²) in [7, 11) is 0. The number of rotatable bonds is 5. The fraction of sp³-hybridized carbons (Fsp3) is 0.200. The van der Waals surface area contributed by atoms with Crippen molar-refractivity contribution in [2.45, 2.75) is 19.1 Å². The molecule has 1 N–H and O–H groups in total. The van der Waals surface area contributed by atoms with E-state index in [1.165, 1.54) is 19.1 Å². The minimum atomic E-state index is -4.77. The fourth-order valence-corrected chi connectivity index (χ4v) is 3.14. The van der Waals surface area contributed by atoms with E-state index in [-0.39, 0.29) is 16.1 Å². The van der Waals surface area contributed by atoms with Gasteiger partial charge in [0.05, 0.1) is 22.4 Å². The number of carbonyl (C=O) groups excluding carboxylic acids is 4. The Labute approximate surface area is 178 Å². The van der Waals surface area contributed by atoms with Gasteiger partial charge in [-0.15, -0.1) is 0 Å². The summed E-state index contributed by atoms with van der Waals surface area (Å²) in [6.07, 6.45) is -4.77. The molecule has 0 saturated heterocycles. The van der Waals surface area contributed by atoms with Crippen molar-refractivity contribution in [3.05, 3.63) is 64.2 Å². The zero-order chi connectivity index (χ0) is 22.9. The normalized spacial score (nSPS) is 14.3. The number of halogens is 4. The first-order valence-electron chi connectivity index (χ1n) is 8.81.